The van der Waals surface area contributed by atoms with Gasteiger partial charge in [0.15, 0.2) is 5.60 Å². The number of thiophene rings is 1. The summed E-state index contributed by atoms with van der Waals surface area (Å²) in [7, 11) is 0. The molecule has 126 valence electrons. The Kier molecular flexibility index (Phi) is 4.14. The van der Waals surface area contributed by atoms with Gasteiger partial charge in [-0.25, -0.2) is 18.4 Å². The molecule has 0 aliphatic rings. The summed E-state index contributed by atoms with van der Waals surface area (Å²) in [6, 6.07) is 4.60. The third kappa shape index (κ3) is 2.69. The summed E-state index contributed by atoms with van der Waals surface area (Å²) < 4.78 is 58.4. The second kappa shape index (κ2) is 5.99. The molecule has 0 radical (unpaired) electrons. The molecule has 24 heavy (non-hydrogen) atoms. The Labute approximate surface area is 138 Å². The molecule has 0 saturated heterocycles. The van der Waals surface area contributed by atoms with Crippen molar-refractivity contribution >= 4 is 11.3 Å². The highest BCUT2D eigenvalue weighted by atomic mass is 32.1. The van der Waals surface area contributed by atoms with Crippen LogP contribution in [0.3, 0.4) is 0 Å². The van der Waals surface area contributed by atoms with Crippen LogP contribution < -0.4 is 0 Å². The van der Waals surface area contributed by atoms with Gasteiger partial charge in [0.25, 0.3) is 0 Å². The minimum atomic E-state index is -3.84. The number of rotatable bonds is 5. The summed E-state index contributed by atoms with van der Waals surface area (Å²) in [6.07, 6.45) is 2.22. The SMILES string of the molecule is OC(Cn1cncn1)(c1ccc(F)cc1F)C(F)(F)c1cccs1. The number of halogens is 4. The van der Waals surface area contributed by atoms with Crippen LogP contribution >= 0.6 is 11.3 Å². The van der Waals surface area contributed by atoms with Gasteiger partial charge in [0.2, 0.25) is 0 Å². The average molecular weight is 357 g/mol. The molecule has 0 saturated carbocycles. The fraction of sp³-hybridized carbons (Fsp3) is 0.200. The summed E-state index contributed by atoms with van der Waals surface area (Å²) in [4.78, 5) is 3.18. The fourth-order valence-electron chi connectivity index (χ4n) is 2.39. The van der Waals surface area contributed by atoms with E-state index in [9.17, 15) is 13.9 Å². The van der Waals surface area contributed by atoms with Crippen LogP contribution in [0.5, 0.6) is 0 Å². The lowest BCUT2D eigenvalue weighted by atomic mass is 9.85. The van der Waals surface area contributed by atoms with Gasteiger partial charge in [-0.15, -0.1) is 11.3 Å². The zero-order valence-electron chi connectivity index (χ0n) is 12.0. The maximum absolute atomic E-state index is 15.0. The summed E-state index contributed by atoms with van der Waals surface area (Å²) in [6.45, 7) is -0.763. The first-order chi connectivity index (χ1) is 11.3. The van der Waals surface area contributed by atoms with Crippen molar-refractivity contribution in [2.75, 3.05) is 0 Å². The van der Waals surface area contributed by atoms with E-state index in [-0.39, 0.29) is 0 Å². The molecule has 3 aromatic rings. The molecule has 0 amide bonds. The average Bonchev–Trinajstić information content (AvgIpc) is 3.20. The maximum atomic E-state index is 15.0. The first kappa shape index (κ1) is 16.6. The van der Waals surface area contributed by atoms with Crippen molar-refractivity contribution in [3.63, 3.8) is 0 Å². The number of hydrogen-bond donors (Lipinski definition) is 1. The molecule has 1 unspecified atom stereocenters. The number of alkyl halides is 2. The quantitative estimate of drug-likeness (QED) is 0.713. The van der Waals surface area contributed by atoms with Crippen molar-refractivity contribution in [1.82, 2.24) is 14.8 Å². The topological polar surface area (TPSA) is 50.9 Å². The molecule has 1 atom stereocenters. The van der Waals surface area contributed by atoms with E-state index in [0.29, 0.717) is 6.07 Å². The normalized spacial score (nSPS) is 14.5. The highest BCUT2D eigenvalue weighted by Crippen LogP contribution is 2.48. The lowest BCUT2D eigenvalue weighted by Gasteiger charge is -2.35. The Balaban J connectivity index is 2.17. The first-order valence-corrected chi connectivity index (χ1v) is 7.64. The minimum Gasteiger partial charge on any atom is -0.377 e. The predicted molar refractivity (Wildman–Crippen MR) is 78.5 cm³/mol. The van der Waals surface area contributed by atoms with E-state index in [1.54, 1.807) is 0 Å². The summed E-state index contributed by atoms with van der Waals surface area (Å²) >= 11 is 0.721. The minimum absolute atomic E-state index is 0.450. The van der Waals surface area contributed by atoms with Gasteiger partial charge in [0, 0.05) is 11.6 Å². The van der Waals surface area contributed by atoms with Gasteiger partial charge in [0.1, 0.15) is 24.3 Å². The second-order valence-electron chi connectivity index (χ2n) is 5.13. The number of hydrogen-bond acceptors (Lipinski definition) is 4. The van der Waals surface area contributed by atoms with Gasteiger partial charge in [-0.2, -0.15) is 13.9 Å². The molecule has 3 rings (SSSR count). The molecule has 2 heterocycles. The second-order valence-corrected chi connectivity index (χ2v) is 6.08. The van der Waals surface area contributed by atoms with E-state index >= 15 is 8.78 Å². The number of benzene rings is 1. The third-order valence-corrected chi connectivity index (χ3v) is 4.52. The van der Waals surface area contributed by atoms with Crippen LogP contribution in [0.15, 0.2) is 48.4 Å². The highest BCUT2D eigenvalue weighted by Gasteiger charge is 2.57. The molecule has 1 aromatic carbocycles. The predicted octanol–water partition coefficient (Wildman–Crippen LogP) is 3.30. The van der Waals surface area contributed by atoms with E-state index in [0.717, 1.165) is 46.9 Å². The van der Waals surface area contributed by atoms with Crippen LogP contribution in [-0.4, -0.2) is 19.9 Å². The van der Waals surface area contributed by atoms with Crippen LogP contribution in [0.2, 0.25) is 0 Å². The molecule has 4 nitrogen and oxygen atoms in total. The molecule has 1 N–H and O–H groups in total. The van der Waals surface area contributed by atoms with E-state index in [1.807, 2.05) is 0 Å². The van der Waals surface area contributed by atoms with E-state index < -0.39 is 40.1 Å². The number of nitrogens with zero attached hydrogens (tertiary/aromatic N) is 3. The van der Waals surface area contributed by atoms with Crippen molar-refractivity contribution in [3.8, 4) is 0 Å². The van der Waals surface area contributed by atoms with Gasteiger partial charge in [-0.1, -0.05) is 6.07 Å². The third-order valence-electron chi connectivity index (χ3n) is 3.58. The monoisotopic (exact) mass is 357 g/mol. The van der Waals surface area contributed by atoms with Gasteiger partial charge < -0.3 is 5.11 Å². The number of aromatic nitrogens is 3. The van der Waals surface area contributed by atoms with Gasteiger partial charge in [-0.05, 0) is 23.6 Å². The Morgan fingerprint density at radius 2 is 2.00 bits per heavy atom. The van der Waals surface area contributed by atoms with Crippen molar-refractivity contribution in [2.45, 2.75) is 18.1 Å². The van der Waals surface area contributed by atoms with Gasteiger partial charge in [-0.3, -0.25) is 0 Å². The lowest BCUT2D eigenvalue weighted by Crippen LogP contribution is -2.47. The van der Waals surface area contributed by atoms with Crippen molar-refractivity contribution in [1.29, 1.82) is 0 Å². The van der Waals surface area contributed by atoms with Crippen molar-refractivity contribution in [2.24, 2.45) is 0 Å². The van der Waals surface area contributed by atoms with E-state index in [4.69, 9.17) is 0 Å². The summed E-state index contributed by atoms with van der Waals surface area (Å²) in [5.41, 5.74) is -3.71. The van der Waals surface area contributed by atoms with Crippen LogP contribution in [0.1, 0.15) is 10.4 Å². The van der Waals surface area contributed by atoms with Crippen LogP contribution in [0.4, 0.5) is 17.6 Å². The molecule has 0 fully saturated rings. The van der Waals surface area contributed by atoms with Crippen molar-refractivity contribution < 1.29 is 22.7 Å². The fourth-order valence-corrected chi connectivity index (χ4v) is 3.17. The molecule has 0 aliphatic carbocycles. The molecule has 0 spiro atoms. The standard InChI is InChI=1S/C15H11F4N3OS/c16-10-3-4-11(12(17)6-10)14(23,7-22-9-20-8-21-22)15(18,19)13-2-1-5-24-13/h1-6,8-9,23H,7H2. The molecule has 9 heteroatoms. The molecule has 0 aliphatic heterocycles. The van der Waals surface area contributed by atoms with Gasteiger partial charge >= 0.3 is 5.92 Å². The Morgan fingerprint density at radius 1 is 1.21 bits per heavy atom. The first-order valence-electron chi connectivity index (χ1n) is 6.77. The van der Waals surface area contributed by atoms with E-state index in [2.05, 4.69) is 10.1 Å². The summed E-state index contributed by atoms with van der Waals surface area (Å²) in [5, 5.41) is 15.9. The van der Waals surface area contributed by atoms with Crippen molar-refractivity contribution in [3.05, 3.63) is 70.4 Å². The van der Waals surface area contributed by atoms with Crippen LogP contribution in [0.25, 0.3) is 0 Å². The molecular formula is C15H11F4N3OS. The zero-order chi connectivity index (χ0) is 17.4. The van der Waals surface area contributed by atoms with Gasteiger partial charge in [0.05, 0.1) is 11.4 Å². The Morgan fingerprint density at radius 3 is 2.58 bits per heavy atom. The Bertz CT molecular complexity index is 823. The Hall–Kier alpha value is -2.26. The molecule has 0 bridgehead atoms. The smallest absolute Gasteiger partial charge is 0.316 e. The van der Waals surface area contributed by atoms with E-state index in [1.165, 1.54) is 11.4 Å². The zero-order valence-corrected chi connectivity index (χ0v) is 12.9. The molecule has 2 aromatic heterocycles. The largest absolute Gasteiger partial charge is 0.377 e. The number of aliphatic hydroxyl groups is 1. The van der Waals surface area contributed by atoms with Crippen LogP contribution in [0, 0.1) is 11.6 Å². The summed E-state index contributed by atoms with van der Waals surface area (Å²) in [5.74, 6) is -6.04. The lowest BCUT2D eigenvalue weighted by molar-refractivity contribution is -0.203. The maximum Gasteiger partial charge on any atom is 0.316 e. The highest BCUT2D eigenvalue weighted by molar-refractivity contribution is 7.10. The van der Waals surface area contributed by atoms with Crippen LogP contribution in [-0.2, 0) is 18.1 Å². The molecular weight excluding hydrogens is 346 g/mol.